The number of rotatable bonds is 3. The molecular weight excluding hydrogens is 281 g/mol. The molecule has 1 aromatic carbocycles. The lowest BCUT2D eigenvalue weighted by Gasteiger charge is -2.17. The van der Waals surface area contributed by atoms with E-state index in [0.717, 1.165) is 31.9 Å². The maximum absolute atomic E-state index is 13.5. The van der Waals surface area contributed by atoms with E-state index in [2.05, 4.69) is 10.0 Å². The zero-order valence-electron chi connectivity index (χ0n) is 10.9. The third kappa shape index (κ3) is 3.33. The van der Waals surface area contributed by atoms with Crippen molar-refractivity contribution in [3.63, 3.8) is 0 Å². The average Bonchev–Trinajstić information content (AvgIpc) is 2.66. The maximum Gasteiger partial charge on any atom is 0.242 e. The molecule has 1 aliphatic heterocycles. The fraction of sp³-hybridized carbons (Fsp3) is 0.462. The summed E-state index contributed by atoms with van der Waals surface area (Å²) >= 11 is 0. The summed E-state index contributed by atoms with van der Waals surface area (Å²) in [5.41, 5.74) is -0.443. The normalized spacial score (nSPS) is 20.1. The molecule has 2 N–H and O–H groups in total. The Morgan fingerprint density at radius 3 is 2.95 bits per heavy atom. The van der Waals surface area contributed by atoms with Crippen molar-refractivity contribution in [3.8, 4) is 6.07 Å². The van der Waals surface area contributed by atoms with Crippen LogP contribution in [-0.4, -0.2) is 27.5 Å². The number of nitrogens with zero attached hydrogens (tertiary/aromatic N) is 1. The van der Waals surface area contributed by atoms with Gasteiger partial charge in [-0.2, -0.15) is 5.26 Å². The highest BCUT2D eigenvalue weighted by Gasteiger charge is 2.25. The number of nitrogens with one attached hydrogen (secondary N) is 2. The molecule has 2 rings (SSSR count). The van der Waals surface area contributed by atoms with Crippen molar-refractivity contribution >= 4 is 10.0 Å². The predicted octanol–water partition coefficient (Wildman–Crippen LogP) is 1.12. The van der Waals surface area contributed by atoms with Crippen molar-refractivity contribution in [2.75, 3.05) is 13.1 Å². The summed E-state index contributed by atoms with van der Waals surface area (Å²) in [5.74, 6) is -0.825. The van der Waals surface area contributed by atoms with Gasteiger partial charge in [0.2, 0.25) is 10.0 Å². The molecular formula is C13H16FN3O2S. The van der Waals surface area contributed by atoms with Crippen molar-refractivity contribution in [2.45, 2.75) is 30.2 Å². The minimum Gasteiger partial charge on any atom is -0.315 e. The fourth-order valence-corrected chi connectivity index (χ4v) is 3.68. The standard InChI is InChI=1S/C13H16FN3O2S/c14-12-5-3-6-13(11(12)8-15)20(18,19)17-10-4-1-2-7-16-9-10/h3,5-6,10,16-17H,1-2,4,7,9H2. The first-order valence-corrected chi connectivity index (χ1v) is 7.94. The van der Waals surface area contributed by atoms with Crippen molar-refractivity contribution < 1.29 is 12.8 Å². The van der Waals surface area contributed by atoms with E-state index in [1.165, 1.54) is 12.1 Å². The Morgan fingerprint density at radius 2 is 2.20 bits per heavy atom. The molecule has 1 atom stereocenters. The van der Waals surface area contributed by atoms with Gasteiger partial charge in [-0.1, -0.05) is 12.5 Å². The predicted molar refractivity (Wildman–Crippen MR) is 71.9 cm³/mol. The van der Waals surface area contributed by atoms with Gasteiger partial charge in [0.15, 0.2) is 0 Å². The van der Waals surface area contributed by atoms with Crippen LogP contribution in [0.2, 0.25) is 0 Å². The summed E-state index contributed by atoms with van der Waals surface area (Å²) in [5, 5.41) is 12.1. The first-order valence-electron chi connectivity index (χ1n) is 6.46. The van der Waals surface area contributed by atoms with Gasteiger partial charge < -0.3 is 5.32 Å². The largest absolute Gasteiger partial charge is 0.315 e. The molecule has 0 aromatic heterocycles. The van der Waals surface area contributed by atoms with Gasteiger partial charge in [-0.15, -0.1) is 0 Å². The van der Waals surface area contributed by atoms with Crippen molar-refractivity contribution in [2.24, 2.45) is 0 Å². The van der Waals surface area contributed by atoms with Gasteiger partial charge in [0.25, 0.3) is 0 Å². The monoisotopic (exact) mass is 297 g/mol. The zero-order chi connectivity index (χ0) is 14.6. The van der Waals surface area contributed by atoms with Crippen LogP contribution in [0.3, 0.4) is 0 Å². The van der Waals surface area contributed by atoms with Crippen LogP contribution in [0.4, 0.5) is 4.39 Å². The molecule has 1 heterocycles. The lowest BCUT2D eigenvalue weighted by atomic mass is 10.2. The fourth-order valence-electron chi connectivity index (χ4n) is 2.24. The number of hydrogen-bond donors (Lipinski definition) is 2. The van der Waals surface area contributed by atoms with Gasteiger partial charge in [0.1, 0.15) is 22.3 Å². The second-order valence-electron chi connectivity index (χ2n) is 4.74. The van der Waals surface area contributed by atoms with Gasteiger partial charge in [-0.3, -0.25) is 0 Å². The van der Waals surface area contributed by atoms with Crippen molar-refractivity contribution in [1.29, 1.82) is 5.26 Å². The Balaban J connectivity index is 2.27. The molecule has 20 heavy (non-hydrogen) atoms. The highest BCUT2D eigenvalue weighted by atomic mass is 32.2. The Kier molecular flexibility index (Phi) is 4.70. The first-order chi connectivity index (χ1) is 9.54. The van der Waals surface area contributed by atoms with Crippen LogP contribution in [0.25, 0.3) is 0 Å². The Labute approximate surface area is 117 Å². The summed E-state index contributed by atoms with van der Waals surface area (Å²) < 4.78 is 40.6. The molecule has 1 saturated heterocycles. The molecule has 1 fully saturated rings. The molecule has 0 amide bonds. The Hall–Kier alpha value is -1.49. The number of halogens is 1. The molecule has 7 heteroatoms. The molecule has 0 spiro atoms. The van der Waals surface area contributed by atoms with E-state index in [0.29, 0.717) is 6.54 Å². The SMILES string of the molecule is N#Cc1c(F)cccc1S(=O)(=O)NC1CCCCNC1. The van der Waals surface area contributed by atoms with Gasteiger partial charge in [-0.25, -0.2) is 17.5 Å². The van der Waals surface area contributed by atoms with Crippen LogP contribution >= 0.6 is 0 Å². The van der Waals surface area contributed by atoms with Crippen LogP contribution in [0.5, 0.6) is 0 Å². The Morgan fingerprint density at radius 1 is 1.40 bits per heavy atom. The molecule has 0 saturated carbocycles. The minimum atomic E-state index is -3.89. The molecule has 1 unspecified atom stereocenters. The second-order valence-corrected chi connectivity index (χ2v) is 6.43. The molecule has 0 aliphatic carbocycles. The topological polar surface area (TPSA) is 82.0 Å². The molecule has 1 aliphatic rings. The van der Waals surface area contributed by atoms with Crippen LogP contribution in [0.15, 0.2) is 23.1 Å². The summed E-state index contributed by atoms with van der Waals surface area (Å²) in [4.78, 5) is -0.302. The lowest BCUT2D eigenvalue weighted by molar-refractivity contribution is 0.520. The van der Waals surface area contributed by atoms with Crippen LogP contribution in [0, 0.1) is 17.1 Å². The van der Waals surface area contributed by atoms with Gasteiger partial charge >= 0.3 is 0 Å². The van der Waals surface area contributed by atoms with Crippen LogP contribution < -0.4 is 10.0 Å². The smallest absolute Gasteiger partial charge is 0.242 e. The Bertz CT molecular complexity index is 617. The van der Waals surface area contributed by atoms with Gasteiger partial charge in [-0.05, 0) is 31.5 Å². The van der Waals surface area contributed by atoms with Gasteiger partial charge in [0, 0.05) is 12.6 Å². The van der Waals surface area contributed by atoms with E-state index < -0.39 is 21.4 Å². The van der Waals surface area contributed by atoms with E-state index in [4.69, 9.17) is 5.26 Å². The number of hydrogen-bond acceptors (Lipinski definition) is 4. The quantitative estimate of drug-likeness (QED) is 0.876. The average molecular weight is 297 g/mol. The zero-order valence-corrected chi connectivity index (χ0v) is 11.7. The highest BCUT2D eigenvalue weighted by molar-refractivity contribution is 7.89. The van der Waals surface area contributed by atoms with E-state index in [1.807, 2.05) is 0 Å². The lowest BCUT2D eigenvalue weighted by Crippen LogP contribution is -2.41. The van der Waals surface area contributed by atoms with E-state index in [-0.39, 0.29) is 10.9 Å². The third-order valence-corrected chi connectivity index (χ3v) is 4.81. The summed E-state index contributed by atoms with van der Waals surface area (Å²) in [6.45, 7) is 1.40. The van der Waals surface area contributed by atoms with E-state index >= 15 is 0 Å². The molecule has 0 bridgehead atoms. The van der Waals surface area contributed by atoms with Crippen molar-refractivity contribution in [3.05, 3.63) is 29.6 Å². The summed E-state index contributed by atoms with van der Waals surface area (Å²) in [6.07, 6.45) is 2.65. The maximum atomic E-state index is 13.5. The number of nitriles is 1. The van der Waals surface area contributed by atoms with E-state index in [1.54, 1.807) is 6.07 Å². The van der Waals surface area contributed by atoms with Crippen LogP contribution in [-0.2, 0) is 10.0 Å². The summed E-state index contributed by atoms with van der Waals surface area (Å²) in [6, 6.07) is 4.98. The number of benzene rings is 1. The minimum absolute atomic E-state index is 0.239. The molecule has 0 radical (unpaired) electrons. The third-order valence-electron chi connectivity index (χ3n) is 3.25. The molecule has 108 valence electrons. The number of sulfonamides is 1. The molecule has 1 aromatic rings. The summed E-state index contributed by atoms with van der Waals surface area (Å²) in [7, 11) is -3.89. The second kappa shape index (κ2) is 6.31. The van der Waals surface area contributed by atoms with Crippen molar-refractivity contribution in [1.82, 2.24) is 10.0 Å². The van der Waals surface area contributed by atoms with E-state index in [9.17, 15) is 12.8 Å². The van der Waals surface area contributed by atoms with Crippen LogP contribution in [0.1, 0.15) is 24.8 Å². The first kappa shape index (κ1) is 14.9. The highest BCUT2D eigenvalue weighted by Crippen LogP contribution is 2.19. The molecule has 5 nitrogen and oxygen atoms in total. The van der Waals surface area contributed by atoms with Gasteiger partial charge in [0.05, 0.1) is 0 Å².